The monoisotopic (exact) mass is 274 g/mol. The lowest BCUT2D eigenvalue weighted by Gasteiger charge is -2.09. The van der Waals surface area contributed by atoms with Crippen LogP contribution in [-0.2, 0) is 4.79 Å². The summed E-state index contributed by atoms with van der Waals surface area (Å²) in [5.74, 6) is 1.13. The Morgan fingerprint density at radius 2 is 1.95 bits per heavy atom. The molecule has 106 valence electrons. The van der Waals surface area contributed by atoms with Crippen LogP contribution in [0.2, 0.25) is 0 Å². The number of allylic oxidation sites excluding steroid dienone is 3. The summed E-state index contributed by atoms with van der Waals surface area (Å²) in [5, 5.41) is 0. The van der Waals surface area contributed by atoms with E-state index in [0.29, 0.717) is 5.75 Å². The maximum atomic E-state index is 11.6. The SMILES string of the molecule is COc1ccc(OCC(=O)NNC2=CCC(C)=C2)cc1. The number of amides is 1. The molecule has 2 N–H and O–H groups in total. The predicted octanol–water partition coefficient (Wildman–Crippen LogP) is 1.93. The highest BCUT2D eigenvalue weighted by atomic mass is 16.5. The molecule has 0 saturated heterocycles. The van der Waals surface area contributed by atoms with Crippen molar-refractivity contribution >= 4 is 5.91 Å². The van der Waals surface area contributed by atoms with Crippen LogP contribution in [0.3, 0.4) is 0 Å². The van der Waals surface area contributed by atoms with Gasteiger partial charge in [0.1, 0.15) is 11.5 Å². The Balaban J connectivity index is 1.72. The molecule has 20 heavy (non-hydrogen) atoms. The number of hydrazine groups is 1. The number of nitrogens with one attached hydrogen (secondary N) is 2. The molecule has 0 bridgehead atoms. The molecular formula is C15H18N2O3. The summed E-state index contributed by atoms with van der Waals surface area (Å²) >= 11 is 0. The Morgan fingerprint density at radius 1 is 1.25 bits per heavy atom. The molecule has 1 aromatic rings. The van der Waals surface area contributed by atoms with Crippen molar-refractivity contribution in [2.24, 2.45) is 0 Å². The summed E-state index contributed by atoms with van der Waals surface area (Å²) in [6.07, 6.45) is 4.92. The van der Waals surface area contributed by atoms with Crippen LogP contribution in [0.1, 0.15) is 13.3 Å². The van der Waals surface area contributed by atoms with Crippen LogP contribution in [0.5, 0.6) is 11.5 Å². The standard InChI is InChI=1S/C15H18N2O3/c1-11-3-4-12(9-11)16-17-15(18)10-20-14-7-5-13(19-2)6-8-14/h4-9,16H,3,10H2,1-2H3,(H,17,18). The van der Waals surface area contributed by atoms with Gasteiger partial charge in [-0.15, -0.1) is 0 Å². The highest BCUT2D eigenvalue weighted by molar-refractivity contribution is 5.77. The minimum atomic E-state index is -0.236. The van der Waals surface area contributed by atoms with E-state index in [4.69, 9.17) is 9.47 Å². The maximum absolute atomic E-state index is 11.6. The number of carbonyl (C=O) groups excluding carboxylic acids is 1. The van der Waals surface area contributed by atoms with Crippen molar-refractivity contribution < 1.29 is 14.3 Å². The van der Waals surface area contributed by atoms with E-state index in [1.54, 1.807) is 31.4 Å². The third-order valence-corrected chi connectivity index (χ3v) is 2.82. The number of ether oxygens (including phenoxy) is 2. The number of methoxy groups -OCH3 is 1. The van der Waals surface area contributed by atoms with Crippen molar-refractivity contribution in [1.29, 1.82) is 0 Å². The van der Waals surface area contributed by atoms with E-state index in [1.165, 1.54) is 5.57 Å². The summed E-state index contributed by atoms with van der Waals surface area (Å²) in [6, 6.07) is 7.07. The first kappa shape index (κ1) is 14.0. The molecule has 0 atom stereocenters. The Morgan fingerprint density at radius 3 is 2.55 bits per heavy atom. The van der Waals surface area contributed by atoms with Gasteiger partial charge in [-0.05, 0) is 43.7 Å². The summed E-state index contributed by atoms with van der Waals surface area (Å²) < 4.78 is 10.4. The molecule has 0 saturated carbocycles. The molecule has 1 aliphatic carbocycles. The van der Waals surface area contributed by atoms with E-state index in [-0.39, 0.29) is 12.5 Å². The van der Waals surface area contributed by atoms with Crippen LogP contribution in [0.15, 0.2) is 47.7 Å². The number of rotatable bonds is 6. The van der Waals surface area contributed by atoms with Crippen LogP contribution in [0, 0.1) is 0 Å². The average Bonchev–Trinajstić information content (AvgIpc) is 2.89. The largest absolute Gasteiger partial charge is 0.497 e. The lowest BCUT2D eigenvalue weighted by atomic mass is 10.3. The van der Waals surface area contributed by atoms with E-state index in [2.05, 4.69) is 10.9 Å². The van der Waals surface area contributed by atoms with E-state index >= 15 is 0 Å². The Bertz CT molecular complexity index is 533. The summed E-state index contributed by atoms with van der Waals surface area (Å²) in [7, 11) is 1.60. The van der Waals surface area contributed by atoms with Crippen molar-refractivity contribution in [3.05, 3.63) is 47.7 Å². The third-order valence-electron chi connectivity index (χ3n) is 2.82. The first-order valence-corrected chi connectivity index (χ1v) is 6.36. The van der Waals surface area contributed by atoms with E-state index in [9.17, 15) is 4.79 Å². The number of benzene rings is 1. The fourth-order valence-corrected chi connectivity index (χ4v) is 1.74. The van der Waals surface area contributed by atoms with Crippen molar-refractivity contribution in [3.63, 3.8) is 0 Å². The molecule has 0 unspecified atom stereocenters. The highest BCUT2D eigenvalue weighted by Crippen LogP contribution is 2.16. The van der Waals surface area contributed by atoms with Crippen LogP contribution in [-0.4, -0.2) is 19.6 Å². The van der Waals surface area contributed by atoms with Gasteiger partial charge in [-0.2, -0.15) is 0 Å². The van der Waals surface area contributed by atoms with Gasteiger partial charge < -0.3 is 9.47 Å². The van der Waals surface area contributed by atoms with Gasteiger partial charge in [0, 0.05) is 0 Å². The number of hydrogen-bond acceptors (Lipinski definition) is 4. The molecule has 5 nitrogen and oxygen atoms in total. The molecule has 2 rings (SSSR count). The third kappa shape index (κ3) is 4.05. The van der Waals surface area contributed by atoms with Gasteiger partial charge in [-0.25, -0.2) is 0 Å². The van der Waals surface area contributed by atoms with Crippen LogP contribution < -0.4 is 20.3 Å². The molecule has 1 aromatic carbocycles. The zero-order valence-corrected chi connectivity index (χ0v) is 11.6. The fourth-order valence-electron chi connectivity index (χ4n) is 1.74. The summed E-state index contributed by atoms with van der Waals surface area (Å²) in [4.78, 5) is 11.6. The van der Waals surface area contributed by atoms with Gasteiger partial charge >= 0.3 is 0 Å². The molecular weight excluding hydrogens is 256 g/mol. The second-order valence-corrected chi connectivity index (χ2v) is 4.49. The van der Waals surface area contributed by atoms with Crippen LogP contribution in [0.25, 0.3) is 0 Å². The molecule has 1 aliphatic rings. The fraction of sp³-hybridized carbons (Fsp3) is 0.267. The number of carbonyl (C=O) groups is 1. The minimum absolute atomic E-state index is 0.0463. The Labute approximate surface area is 118 Å². The molecule has 0 spiro atoms. The summed E-state index contributed by atoms with van der Waals surface area (Å²) in [6.45, 7) is 2.00. The topological polar surface area (TPSA) is 59.6 Å². The van der Waals surface area contributed by atoms with Crippen molar-refractivity contribution in [1.82, 2.24) is 10.9 Å². The predicted molar refractivity (Wildman–Crippen MR) is 76.2 cm³/mol. The number of hydrogen-bond donors (Lipinski definition) is 2. The molecule has 1 amide bonds. The van der Waals surface area contributed by atoms with Gasteiger partial charge in [-0.1, -0.05) is 11.6 Å². The van der Waals surface area contributed by atoms with Crippen LogP contribution >= 0.6 is 0 Å². The zero-order valence-electron chi connectivity index (χ0n) is 11.6. The normalized spacial score (nSPS) is 13.3. The van der Waals surface area contributed by atoms with E-state index in [0.717, 1.165) is 17.9 Å². The van der Waals surface area contributed by atoms with Gasteiger partial charge in [0.25, 0.3) is 5.91 Å². The van der Waals surface area contributed by atoms with Gasteiger partial charge in [0.2, 0.25) is 0 Å². The molecule has 0 aliphatic heterocycles. The van der Waals surface area contributed by atoms with Crippen molar-refractivity contribution in [2.75, 3.05) is 13.7 Å². The Kier molecular flexibility index (Phi) is 4.65. The zero-order chi connectivity index (χ0) is 14.4. The molecule has 0 fully saturated rings. The van der Waals surface area contributed by atoms with Gasteiger partial charge in [0.15, 0.2) is 6.61 Å². The lowest BCUT2D eigenvalue weighted by molar-refractivity contribution is -0.123. The second kappa shape index (κ2) is 6.65. The summed E-state index contributed by atoms with van der Waals surface area (Å²) in [5.41, 5.74) is 7.60. The van der Waals surface area contributed by atoms with Gasteiger partial charge in [-0.3, -0.25) is 15.6 Å². The quantitative estimate of drug-likeness (QED) is 0.778. The maximum Gasteiger partial charge on any atom is 0.276 e. The van der Waals surface area contributed by atoms with Crippen molar-refractivity contribution in [3.8, 4) is 11.5 Å². The molecule has 0 aromatic heterocycles. The molecule has 5 heteroatoms. The first-order chi connectivity index (χ1) is 9.67. The lowest BCUT2D eigenvalue weighted by Crippen LogP contribution is -2.39. The smallest absolute Gasteiger partial charge is 0.276 e. The Hall–Kier alpha value is -2.43. The van der Waals surface area contributed by atoms with Gasteiger partial charge in [0.05, 0.1) is 12.8 Å². The van der Waals surface area contributed by atoms with Crippen LogP contribution in [0.4, 0.5) is 0 Å². The first-order valence-electron chi connectivity index (χ1n) is 6.36. The average molecular weight is 274 g/mol. The van der Waals surface area contributed by atoms with Crippen molar-refractivity contribution in [2.45, 2.75) is 13.3 Å². The molecule has 0 radical (unpaired) electrons. The van der Waals surface area contributed by atoms with E-state index < -0.39 is 0 Å². The highest BCUT2D eigenvalue weighted by Gasteiger charge is 2.05. The minimum Gasteiger partial charge on any atom is -0.497 e. The van der Waals surface area contributed by atoms with E-state index in [1.807, 2.05) is 19.1 Å². The second-order valence-electron chi connectivity index (χ2n) is 4.49. The molecule has 0 heterocycles.